The number of hydrogen-bond acceptors (Lipinski definition) is 3. The zero-order chi connectivity index (χ0) is 13.6. The summed E-state index contributed by atoms with van der Waals surface area (Å²) in [7, 11) is -3.39. The minimum Gasteiger partial charge on any atom is -0.390 e. The van der Waals surface area contributed by atoms with Gasteiger partial charge in [0.05, 0.1) is 6.61 Å². The molecule has 2 heterocycles. The first-order valence-corrected chi connectivity index (χ1v) is 8.28. The molecule has 1 aromatic rings. The van der Waals surface area contributed by atoms with Crippen LogP contribution in [0.5, 0.6) is 0 Å². The SMILES string of the molecule is CC1CCN(S(=O)(=O)c2cc(CO)n(C3CC3)c2)C1. The van der Waals surface area contributed by atoms with E-state index in [9.17, 15) is 13.5 Å². The lowest BCUT2D eigenvalue weighted by Gasteiger charge is -2.14. The number of sulfonamides is 1. The second-order valence-corrected chi connectivity index (χ2v) is 7.66. The molecule has 0 spiro atoms. The molecule has 1 unspecified atom stereocenters. The van der Waals surface area contributed by atoms with E-state index in [4.69, 9.17) is 0 Å². The van der Waals surface area contributed by atoms with Gasteiger partial charge in [-0.3, -0.25) is 0 Å². The zero-order valence-electron chi connectivity index (χ0n) is 11.1. The molecule has 0 amide bonds. The molecule has 1 N–H and O–H groups in total. The van der Waals surface area contributed by atoms with Crippen molar-refractivity contribution in [3.63, 3.8) is 0 Å². The lowest BCUT2D eigenvalue weighted by Crippen LogP contribution is -2.28. The van der Waals surface area contributed by atoms with Crippen molar-refractivity contribution in [3.8, 4) is 0 Å². The summed E-state index contributed by atoms with van der Waals surface area (Å²) in [6.45, 7) is 3.17. The van der Waals surface area contributed by atoms with Crippen LogP contribution in [-0.4, -0.2) is 35.5 Å². The fourth-order valence-corrected chi connectivity index (χ4v) is 4.35. The molecule has 1 saturated carbocycles. The van der Waals surface area contributed by atoms with Gasteiger partial charge in [0, 0.05) is 31.0 Å². The molecule has 0 bridgehead atoms. The molecule has 1 aromatic heterocycles. The molecule has 2 aliphatic rings. The molecule has 1 aliphatic carbocycles. The van der Waals surface area contributed by atoms with Gasteiger partial charge >= 0.3 is 0 Å². The number of aliphatic hydroxyl groups excluding tert-OH is 1. The normalized spacial score (nSPS) is 25.1. The van der Waals surface area contributed by atoms with E-state index in [-0.39, 0.29) is 6.61 Å². The molecular formula is C13H20N2O3S. The highest BCUT2D eigenvalue weighted by molar-refractivity contribution is 7.89. The van der Waals surface area contributed by atoms with Crippen molar-refractivity contribution in [2.75, 3.05) is 13.1 Å². The Morgan fingerprint density at radius 3 is 2.63 bits per heavy atom. The average Bonchev–Trinajstić information content (AvgIpc) is 2.96. The molecule has 1 saturated heterocycles. The first kappa shape index (κ1) is 13.1. The van der Waals surface area contributed by atoms with E-state index in [0.717, 1.165) is 19.3 Å². The molecule has 0 aromatic carbocycles. The Kier molecular flexibility index (Phi) is 3.19. The number of nitrogens with zero attached hydrogens (tertiary/aromatic N) is 2. The fraction of sp³-hybridized carbons (Fsp3) is 0.692. The zero-order valence-corrected chi connectivity index (χ0v) is 11.9. The summed E-state index contributed by atoms with van der Waals surface area (Å²) in [5, 5.41) is 9.35. The van der Waals surface area contributed by atoms with E-state index < -0.39 is 10.0 Å². The van der Waals surface area contributed by atoms with Crippen LogP contribution in [0.3, 0.4) is 0 Å². The third kappa shape index (κ3) is 2.32. The summed E-state index contributed by atoms with van der Waals surface area (Å²) in [4.78, 5) is 0.331. The van der Waals surface area contributed by atoms with Crippen LogP contribution in [-0.2, 0) is 16.6 Å². The highest BCUT2D eigenvalue weighted by Crippen LogP contribution is 2.38. The third-order valence-electron chi connectivity index (χ3n) is 4.03. The van der Waals surface area contributed by atoms with E-state index in [2.05, 4.69) is 6.92 Å². The van der Waals surface area contributed by atoms with Gasteiger partial charge in [-0.1, -0.05) is 6.92 Å². The monoisotopic (exact) mass is 284 g/mol. The van der Waals surface area contributed by atoms with Crippen LogP contribution in [0.2, 0.25) is 0 Å². The lowest BCUT2D eigenvalue weighted by molar-refractivity contribution is 0.270. The van der Waals surface area contributed by atoms with Gasteiger partial charge in [0.25, 0.3) is 0 Å². The number of aliphatic hydroxyl groups is 1. The van der Waals surface area contributed by atoms with Crippen LogP contribution in [0.25, 0.3) is 0 Å². The average molecular weight is 284 g/mol. The third-order valence-corrected chi connectivity index (χ3v) is 5.86. The molecule has 0 radical (unpaired) electrons. The summed E-state index contributed by atoms with van der Waals surface area (Å²) in [6.07, 6.45) is 4.76. The van der Waals surface area contributed by atoms with E-state index in [1.165, 1.54) is 0 Å². The Bertz CT molecular complexity index is 575. The second kappa shape index (κ2) is 4.61. The molecular weight excluding hydrogens is 264 g/mol. The van der Waals surface area contributed by atoms with Crippen LogP contribution >= 0.6 is 0 Å². The predicted octanol–water partition coefficient (Wildman–Crippen LogP) is 1.35. The van der Waals surface area contributed by atoms with Crippen molar-refractivity contribution in [1.82, 2.24) is 8.87 Å². The van der Waals surface area contributed by atoms with Gasteiger partial charge in [-0.25, -0.2) is 8.42 Å². The topological polar surface area (TPSA) is 62.5 Å². The van der Waals surface area contributed by atoms with Gasteiger partial charge < -0.3 is 9.67 Å². The quantitative estimate of drug-likeness (QED) is 0.907. The molecule has 5 nitrogen and oxygen atoms in total. The lowest BCUT2D eigenvalue weighted by atomic mass is 10.2. The van der Waals surface area contributed by atoms with Crippen LogP contribution in [0.4, 0.5) is 0 Å². The summed E-state index contributed by atoms with van der Waals surface area (Å²) in [5.74, 6) is 0.428. The maximum Gasteiger partial charge on any atom is 0.244 e. The maximum absolute atomic E-state index is 12.5. The predicted molar refractivity (Wildman–Crippen MR) is 71.2 cm³/mol. The van der Waals surface area contributed by atoms with Crippen LogP contribution in [0.15, 0.2) is 17.2 Å². The van der Waals surface area contributed by atoms with Gasteiger partial charge in [-0.2, -0.15) is 4.31 Å². The van der Waals surface area contributed by atoms with E-state index in [0.29, 0.717) is 35.6 Å². The van der Waals surface area contributed by atoms with Crippen molar-refractivity contribution in [1.29, 1.82) is 0 Å². The van der Waals surface area contributed by atoms with Crippen molar-refractivity contribution in [2.24, 2.45) is 5.92 Å². The molecule has 1 atom stereocenters. The van der Waals surface area contributed by atoms with Crippen LogP contribution < -0.4 is 0 Å². The Morgan fingerprint density at radius 1 is 1.37 bits per heavy atom. The molecule has 106 valence electrons. The highest BCUT2D eigenvalue weighted by Gasteiger charge is 2.33. The van der Waals surface area contributed by atoms with Crippen LogP contribution in [0, 0.1) is 5.92 Å². The molecule has 1 aliphatic heterocycles. The fourth-order valence-electron chi connectivity index (χ4n) is 2.72. The highest BCUT2D eigenvalue weighted by atomic mass is 32.2. The van der Waals surface area contributed by atoms with Gasteiger partial charge in [-0.05, 0) is 31.2 Å². The number of aromatic nitrogens is 1. The Hall–Kier alpha value is -0.850. The summed E-state index contributed by atoms with van der Waals surface area (Å²) >= 11 is 0. The number of rotatable bonds is 4. The van der Waals surface area contributed by atoms with Crippen LogP contribution in [0.1, 0.15) is 37.9 Å². The minimum atomic E-state index is -3.39. The Labute approximate surface area is 113 Å². The summed E-state index contributed by atoms with van der Waals surface area (Å²) in [6, 6.07) is 2.00. The summed E-state index contributed by atoms with van der Waals surface area (Å²) < 4.78 is 28.6. The van der Waals surface area contributed by atoms with Gasteiger partial charge in [0.1, 0.15) is 4.90 Å². The van der Waals surface area contributed by atoms with Gasteiger partial charge in [0.2, 0.25) is 10.0 Å². The Morgan fingerprint density at radius 2 is 2.11 bits per heavy atom. The number of hydrogen-bond donors (Lipinski definition) is 1. The smallest absolute Gasteiger partial charge is 0.244 e. The molecule has 3 rings (SSSR count). The molecule has 2 fully saturated rings. The maximum atomic E-state index is 12.5. The minimum absolute atomic E-state index is 0.109. The van der Waals surface area contributed by atoms with Gasteiger partial charge in [0.15, 0.2) is 0 Å². The largest absolute Gasteiger partial charge is 0.390 e. The first-order chi connectivity index (χ1) is 9.02. The second-order valence-electron chi connectivity index (χ2n) is 5.72. The van der Waals surface area contributed by atoms with Crippen molar-refractivity contribution in [2.45, 2.75) is 43.7 Å². The van der Waals surface area contributed by atoms with E-state index >= 15 is 0 Å². The molecule has 19 heavy (non-hydrogen) atoms. The molecule has 6 heteroatoms. The van der Waals surface area contributed by atoms with Crippen molar-refractivity contribution >= 4 is 10.0 Å². The van der Waals surface area contributed by atoms with E-state index in [1.807, 2.05) is 4.57 Å². The summed E-state index contributed by atoms with van der Waals surface area (Å²) in [5.41, 5.74) is 0.702. The van der Waals surface area contributed by atoms with Gasteiger partial charge in [-0.15, -0.1) is 0 Å². The Balaban J connectivity index is 1.92. The van der Waals surface area contributed by atoms with Crippen molar-refractivity contribution in [3.05, 3.63) is 18.0 Å². The van der Waals surface area contributed by atoms with E-state index in [1.54, 1.807) is 16.6 Å². The standard InChI is InChI=1S/C13H20N2O3S/c1-10-4-5-14(7-10)19(17,18)13-6-12(9-16)15(8-13)11-2-3-11/h6,8,10-11,16H,2-5,7,9H2,1H3. The van der Waals surface area contributed by atoms with Crippen molar-refractivity contribution < 1.29 is 13.5 Å². The first-order valence-electron chi connectivity index (χ1n) is 6.84.